The van der Waals surface area contributed by atoms with Crippen LogP contribution in [0.15, 0.2) is 57.6 Å². The zero-order valence-electron chi connectivity index (χ0n) is 20.5. The van der Waals surface area contributed by atoms with Gasteiger partial charge in [0.2, 0.25) is 0 Å². The van der Waals surface area contributed by atoms with Gasteiger partial charge in [-0.15, -0.1) is 0 Å². The summed E-state index contributed by atoms with van der Waals surface area (Å²) in [5, 5.41) is 8.60. The van der Waals surface area contributed by atoms with Gasteiger partial charge in [-0.1, -0.05) is 41.9 Å². The number of nitrogens with zero attached hydrogens (tertiary/aromatic N) is 3. The third kappa shape index (κ3) is 5.21. The van der Waals surface area contributed by atoms with Crippen molar-refractivity contribution in [2.75, 3.05) is 18.4 Å². The van der Waals surface area contributed by atoms with Gasteiger partial charge in [-0.05, 0) is 68.8 Å². The molecule has 4 aromatic rings. The fourth-order valence-corrected chi connectivity index (χ4v) is 5.21. The summed E-state index contributed by atoms with van der Waals surface area (Å²) >= 11 is 3.62. The molecule has 0 radical (unpaired) electrons. The maximum atomic E-state index is 13.0. The molecule has 1 aliphatic rings. The Morgan fingerprint density at radius 1 is 1.11 bits per heavy atom. The first-order chi connectivity index (χ1) is 16.9. The number of aromatic nitrogens is 2. The molecule has 0 aliphatic carbocycles. The number of hydrogen-bond donors (Lipinski definition) is 1. The first kappa shape index (κ1) is 23.8. The fourth-order valence-electron chi connectivity index (χ4n) is 4.69. The molecule has 0 unspecified atom stereocenters. The van der Waals surface area contributed by atoms with E-state index in [-0.39, 0.29) is 5.91 Å². The number of nitrogens with one attached hydrogen (secondary N) is 1. The number of anilines is 1. The predicted octanol–water partition coefficient (Wildman–Crippen LogP) is 6.72. The lowest BCUT2D eigenvalue weighted by atomic mass is 10.1. The van der Waals surface area contributed by atoms with E-state index < -0.39 is 0 Å². The maximum absolute atomic E-state index is 13.0. The zero-order valence-corrected chi connectivity index (χ0v) is 22.1. The average molecular weight is 535 g/mol. The van der Waals surface area contributed by atoms with E-state index in [4.69, 9.17) is 4.42 Å². The summed E-state index contributed by atoms with van der Waals surface area (Å²) in [7, 11) is 0. The molecule has 6 nitrogen and oxygen atoms in total. The van der Waals surface area contributed by atoms with E-state index in [2.05, 4.69) is 75.4 Å². The van der Waals surface area contributed by atoms with E-state index in [1.165, 1.54) is 31.5 Å². The van der Waals surface area contributed by atoms with Gasteiger partial charge in [-0.3, -0.25) is 14.4 Å². The molecule has 3 heterocycles. The van der Waals surface area contributed by atoms with Crippen molar-refractivity contribution in [1.29, 1.82) is 0 Å². The molecular weight excluding hydrogens is 504 g/mol. The third-order valence-corrected chi connectivity index (χ3v) is 7.19. The fraction of sp³-hybridized carbons (Fsp3) is 0.357. The highest BCUT2D eigenvalue weighted by molar-refractivity contribution is 9.10. The van der Waals surface area contributed by atoms with Gasteiger partial charge in [0.25, 0.3) is 5.91 Å². The van der Waals surface area contributed by atoms with Crippen LogP contribution in [0.25, 0.3) is 11.0 Å². The first-order valence-corrected chi connectivity index (χ1v) is 13.0. The lowest BCUT2D eigenvalue weighted by Crippen LogP contribution is -2.18. The molecule has 1 saturated heterocycles. The Hall–Kier alpha value is -2.90. The molecule has 0 atom stereocenters. The van der Waals surface area contributed by atoms with Gasteiger partial charge in [-0.2, -0.15) is 5.10 Å². The number of carbonyl (C=O) groups is 1. The second-order valence-electron chi connectivity index (χ2n) is 9.72. The van der Waals surface area contributed by atoms with Crippen LogP contribution in [-0.2, 0) is 13.1 Å². The molecule has 0 bridgehead atoms. The first-order valence-electron chi connectivity index (χ1n) is 12.2. The molecule has 1 amide bonds. The summed E-state index contributed by atoms with van der Waals surface area (Å²) in [5.41, 5.74) is 5.34. The molecule has 1 N–H and O–H groups in total. The van der Waals surface area contributed by atoms with E-state index in [1.807, 2.05) is 23.7 Å². The van der Waals surface area contributed by atoms with E-state index in [1.54, 1.807) is 6.20 Å². The van der Waals surface area contributed by atoms with Crippen LogP contribution in [0.2, 0.25) is 0 Å². The topological polar surface area (TPSA) is 63.3 Å². The second-order valence-corrected chi connectivity index (χ2v) is 10.6. The smallest absolute Gasteiger partial charge is 0.259 e. The summed E-state index contributed by atoms with van der Waals surface area (Å²) in [4.78, 5) is 15.5. The van der Waals surface area contributed by atoms with Crippen molar-refractivity contribution in [3.8, 4) is 0 Å². The summed E-state index contributed by atoms with van der Waals surface area (Å²) in [5.74, 6) is 1.12. The Bertz CT molecular complexity index is 1350. The van der Waals surface area contributed by atoms with Crippen molar-refractivity contribution in [3.63, 3.8) is 0 Å². The van der Waals surface area contributed by atoms with Gasteiger partial charge >= 0.3 is 0 Å². The van der Waals surface area contributed by atoms with Crippen molar-refractivity contribution < 1.29 is 9.21 Å². The zero-order chi connectivity index (χ0) is 24.5. The number of benzene rings is 2. The summed E-state index contributed by atoms with van der Waals surface area (Å²) < 4.78 is 9.01. The summed E-state index contributed by atoms with van der Waals surface area (Å²) in [6.07, 6.45) is 4.21. The number of amides is 1. The Balaban J connectivity index is 1.30. The van der Waals surface area contributed by atoms with Gasteiger partial charge in [0.05, 0.1) is 18.3 Å². The standard InChI is InChI=1S/C28H31BrN4O2/c1-18(2)26-14-21-12-23(29)13-22(27(21)35-26)17-33-19(3)25(15-30-33)28(34)31-24-8-6-20(7-9-24)16-32-10-4-5-11-32/h6-9,12-15,18H,4-5,10-11,16-17H2,1-3H3,(H,31,34). The Labute approximate surface area is 214 Å². The highest BCUT2D eigenvalue weighted by Crippen LogP contribution is 2.31. The highest BCUT2D eigenvalue weighted by Gasteiger charge is 2.18. The van der Waals surface area contributed by atoms with Crippen LogP contribution in [-0.4, -0.2) is 33.7 Å². The van der Waals surface area contributed by atoms with Crippen LogP contribution in [0, 0.1) is 6.92 Å². The minimum atomic E-state index is -0.152. The van der Waals surface area contributed by atoms with Crippen LogP contribution in [0.4, 0.5) is 5.69 Å². The lowest BCUT2D eigenvalue weighted by Gasteiger charge is -2.14. The van der Waals surface area contributed by atoms with Gasteiger partial charge in [0.1, 0.15) is 11.3 Å². The number of halogens is 1. The van der Waals surface area contributed by atoms with Crippen LogP contribution in [0.3, 0.4) is 0 Å². The van der Waals surface area contributed by atoms with Gasteiger partial charge in [0, 0.05) is 39.3 Å². The third-order valence-electron chi connectivity index (χ3n) is 6.73. The summed E-state index contributed by atoms with van der Waals surface area (Å²) in [6, 6.07) is 14.4. The van der Waals surface area contributed by atoms with E-state index in [0.717, 1.165) is 44.7 Å². The molecular formula is C28H31BrN4O2. The second kappa shape index (κ2) is 9.99. The van der Waals surface area contributed by atoms with E-state index in [9.17, 15) is 4.79 Å². The Kier molecular flexibility index (Phi) is 6.80. The van der Waals surface area contributed by atoms with Crippen molar-refractivity contribution in [2.45, 2.75) is 52.6 Å². The maximum Gasteiger partial charge on any atom is 0.259 e. The Morgan fingerprint density at radius 2 is 1.86 bits per heavy atom. The average Bonchev–Trinajstić information content (AvgIpc) is 3.56. The lowest BCUT2D eigenvalue weighted by molar-refractivity contribution is 0.102. The summed E-state index contributed by atoms with van der Waals surface area (Å²) in [6.45, 7) is 10.0. The quantitative estimate of drug-likeness (QED) is 0.285. The number of hydrogen-bond acceptors (Lipinski definition) is 4. The number of likely N-dealkylation sites (tertiary alicyclic amines) is 1. The number of carbonyl (C=O) groups excluding carboxylic acids is 1. The van der Waals surface area contributed by atoms with E-state index in [0.29, 0.717) is 18.0 Å². The molecule has 35 heavy (non-hydrogen) atoms. The molecule has 0 spiro atoms. The van der Waals surface area contributed by atoms with Crippen molar-refractivity contribution in [2.24, 2.45) is 0 Å². The largest absolute Gasteiger partial charge is 0.460 e. The molecule has 7 heteroatoms. The minimum absolute atomic E-state index is 0.152. The highest BCUT2D eigenvalue weighted by atomic mass is 79.9. The predicted molar refractivity (Wildman–Crippen MR) is 143 cm³/mol. The molecule has 0 saturated carbocycles. The molecule has 1 aliphatic heterocycles. The van der Waals surface area contributed by atoms with Crippen LogP contribution in [0.5, 0.6) is 0 Å². The molecule has 2 aromatic carbocycles. The number of furan rings is 1. The van der Waals surface area contributed by atoms with Crippen LogP contribution < -0.4 is 5.32 Å². The Morgan fingerprint density at radius 3 is 2.57 bits per heavy atom. The number of rotatable bonds is 7. The van der Waals surface area contributed by atoms with Gasteiger partial charge in [-0.25, -0.2) is 0 Å². The minimum Gasteiger partial charge on any atom is -0.460 e. The van der Waals surface area contributed by atoms with Crippen molar-refractivity contribution >= 4 is 38.5 Å². The van der Waals surface area contributed by atoms with Crippen molar-refractivity contribution in [1.82, 2.24) is 14.7 Å². The van der Waals surface area contributed by atoms with Crippen LogP contribution in [0.1, 0.15) is 65.5 Å². The molecule has 2 aromatic heterocycles. The molecule has 182 valence electrons. The monoisotopic (exact) mass is 534 g/mol. The SMILES string of the molecule is Cc1c(C(=O)Nc2ccc(CN3CCCC3)cc2)cnn1Cc1cc(Br)cc2cc(C(C)C)oc12. The van der Waals surface area contributed by atoms with Gasteiger partial charge < -0.3 is 9.73 Å². The van der Waals surface area contributed by atoms with Crippen LogP contribution >= 0.6 is 15.9 Å². The van der Waals surface area contributed by atoms with Crippen molar-refractivity contribution in [3.05, 3.63) is 81.3 Å². The number of fused-ring (bicyclic) bond motifs is 1. The molecule has 5 rings (SSSR count). The molecule has 1 fully saturated rings. The van der Waals surface area contributed by atoms with E-state index >= 15 is 0 Å². The van der Waals surface area contributed by atoms with Gasteiger partial charge in [0.15, 0.2) is 0 Å². The normalized spacial score (nSPS) is 14.3.